The molecule has 1 aliphatic heterocycles. The number of rotatable bonds is 2. The number of carbonyl (C=O) groups excluding carboxylic acids is 1. The van der Waals surface area contributed by atoms with Gasteiger partial charge in [0.15, 0.2) is 11.6 Å². The van der Waals surface area contributed by atoms with Crippen LogP contribution in [0.3, 0.4) is 0 Å². The summed E-state index contributed by atoms with van der Waals surface area (Å²) >= 11 is 0. The number of ether oxygens (including phenoxy) is 1. The molecule has 2 N–H and O–H groups in total. The van der Waals surface area contributed by atoms with E-state index in [4.69, 9.17) is 4.74 Å². The lowest BCUT2D eigenvalue weighted by Gasteiger charge is -2.39. The van der Waals surface area contributed by atoms with E-state index in [2.05, 4.69) is 10.6 Å². The third-order valence-electron chi connectivity index (χ3n) is 4.21. The molecular formula is C15H19ClF2N2O2. The number of nitrogens with one attached hydrogen (secondary N) is 2. The van der Waals surface area contributed by atoms with Crippen LogP contribution in [-0.2, 0) is 9.53 Å². The first kappa shape index (κ1) is 17.1. The second kappa shape index (κ2) is 7.35. The molecule has 22 heavy (non-hydrogen) atoms. The van der Waals surface area contributed by atoms with Crippen LogP contribution < -0.4 is 10.6 Å². The zero-order chi connectivity index (χ0) is 14.8. The van der Waals surface area contributed by atoms with Crippen molar-refractivity contribution in [2.45, 2.75) is 31.4 Å². The van der Waals surface area contributed by atoms with E-state index in [0.717, 1.165) is 19.0 Å². The molecule has 1 aromatic rings. The van der Waals surface area contributed by atoms with Crippen molar-refractivity contribution in [3.8, 4) is 0 Å². The molecule has 0 spiro atoms. The molecular weight excluding hydrogens is 314 g/mol. The fourth-order valence-corrected chi connectivity index (χ4v) is 3.08. The molecule has 122 valence electrons. The molecule has 4 nitrogen and oxygen atoms in total. The van der Waals surface area contributed by atoms with Crippen molar-refractivity contribution in [2.24, 2.45) is 5.92 Å². The van der Waals surface area contributed by atoms with Crippen molar-refractivity contribution in [3.63, 3.8) is 0 Å². The summed E-state index contributed by atoms with van der Waals surface area (Å²) in [5.41, 5.74) is -0.102. The Labute approximate surface area is 134 Å². The van der Waals surface area contributed by atoms with Gasteiger partial charge in [-0.3, -0.25) is 4.79 Å². The Morgan fingerprint density at radius 1 is 1.32 bits per heavy atom. The molecule has 7 heteroatoms. The van der Waals surface area contributed by atoms with E-state index in [1.807, 2.05) is 0 Å². The van der Waals surface area contributed by atoms with Gasteiger partial charge in [0, 0.05) is 18.5 Å². The van der Waals surface area contributed by atoms with Crippen LogP contribution >= 0.6 is 12.4 Å². The summed E-state index contributed by atoms with van der Waals surface area (Å²) < 4.78 is 32.4. The quantitative estimate of drug-likeness (QED) is 0.875. The zero-order valence-corrected chi connectivity index (χ0v) is 12.8. The first-order valence-corrected chi connectivity index (χ1v) is 7.25. The fraction of sp³-hybridized carbons (Fsp3) is 0.533. The van der Waals surface area contributed by atoms with E-state index in [1.54, 1.807) is 0 Å². The molecule has 1 amide bonds. The van der Waals surface area contributed by atoms with Gasteiger partial charge >= 0.3 is 0 Å². The minimum atomic E-state index is -1.02. The monoisotopic (exact) mass is 332 g/mol. The van der Waals surface area contributed by atoms with E-state index in [1.165, 1.54) is 12.1 Å². The van der Waals surface area contributed by atoms with Gasteiger partial charge in [-0.2, -0.15) is 0 Å². The van der Waals surface area contributed by atoms with Crippen LogP contribution in [0.5, 0.6) is 0 Å². The molecule has 0 unspecified atom stereocenters. The molecule has 1 saturated carbocycles. The predicted octanol–water partition coefficient (Wildman–Crippen LogP) is 2.48. The third-order valence-corrected chi connectivity index (χ3v) is 4.21. The maximum absolute atomic E-state index is 13.6. The number of anilines is 1. The maximum Gasteiger partial charge on any atom is 0.227 e. The SMILES string of the molecule is Cl.O=C(Nc1cccc(F)c1F)[C@H]1CC[C@H]2OCCN[C@@H]2C1. The van der Waals surface area contributed by atoms with Gasteiger partial charge in [0.25, 0.3) is 0 Å². The number of amides is 1. The molecule has 0 aromatic heterocycles. The summed E-state index contributed by atoms with van der Waals surface area (Å²) in [6, 6.07) is 3.94. The van der Waals surface area contributed by atoms with Crippen molar-refractivity contribution >= 4 is 24.0 Å². The van der Waals surface area contributed by atoms with Gasteiger partial charge in [-0.25, -0.2) is 8.78 Å². The molecule has 1 saturated heterocycles. The van der Waals surface area contributed by atoms with Gasteiger partial charge in [0.1, 0.15) is 0 Å². The summed E-state index contributed by atoms with van der Waals surface area (Å²) in [4.78, 5) is 12.2. The van der Waals surface area contributed by atoms with Crippen LogP contribution in [0.25, 0.3) is 0 Å². The van der Waals surface area contributed by atoms with Gasteiger partial charge in [-0.1, -0.05) is 6.07 Å². The predicted molar refractivity (Wildman–Crippen MR) is 81.1 cm³/mol. The lowest BCUT2D eigenvalue weighted by Crippen LogP contribution is -2.52. The van der Waals surface area contributed by atoms with Gasteiger partial charge in [0.05, 0.1) is 18.4 Å². The van der Waals surface area contributed by atoms with Gasteiger partial charge < -0.3 is 15.4 Å². The molecule has 1 aliphatic carbocycles. The Morgan fingerprint density at radius 3 is 2.95 bits per heavy atom. The Morgan fingerprint density at radius 2 is 2.14 bits per heavy atom. The number of hydrogen-bond donors (Lipinski definition) is 2. The van der Waals surface area contributed by atoms with Crippen molar-refractivity contribution in [1.82, 2.24) is 5.32 Å². The Hall–Kier alpha value is -1.24. The van der Waals surface area contributed by atoms with E-state index < -0.39 is 11.6 Å². The Balaban J connectivity index is 0.00000176. The average Bonchev–Trinajstić information content (AvgIpc) is 2.51. The molecule has 0 bridgehead atoms. The van der Waals surface area contributed by atoms with Crippen LogP contribution in [0.4, 0.5) is 14.5 Å². The maximum atomic E-state index is 13.6. The lowest BCUT2D eigenvalue weighted by atomic mass is 9.82. The number of morpholine rings is 1. The normalized spacial score (nSPS) is 27.5. The largest absolute Gasteiger partial charge is 0.375 e. The number of benzene rings is 1. The summed E-state index contributed by atoms with van der Waals surface area (Å²) in [6.07, 6.45) is 2.33. The summed E-state index contributed by atoms with van der Waals surface area (Å²) in [5, 5.41) is 5.84. The van der Waals surface area contributed by atoms with Crippen molar-refractivity contribution in [1.29, 1.82) is 0 Å². The number of hydrogen-bond acceptors (Lipinski definition) is 3. The number of carbonyl (C=O) groups is 1. The first-order valence-electron chi connectivity index (χ1n) is 7.25. The standard InChI is InChI=1S/C15H18F2N2O2.ClH/c16-10-2-1-3-11(14(10)17)19-15(20)9-4-5-13-12(8-9)18-6-7-21-13;/h1-3,9,12-13,18H,4-8H2,(H,19,20);1H/t9-,12+,13+;/m0./s1. The van der Waals surface area contributed by atoms with Crippen LogP contribution in [0.15, 0.2) is 18.2 Å². The number of halogens is 3. The summed E-state index contributed by atoms with van der Waals surface area (Å²) in [7, 11) is 0. The second-order valence-corrected chi connectivity index (χ2v) is 5.57. The highest BCUT2D eigenvalue weighted by Crippen LogP contribution is 2.29. The fourth-order valence-electron chi connectivity index (χ4n) is 3.08. The van der Waals surface area contributed by atoms with Crippen LogP contribution in [0.1, 0.15) is 19.3 Å². The molecule has 2 aliphatic rings. The Kier molecular flexibility index (Phi) is 5.72. The number of fused-ring (bicyclic) bond motifs is 1. The highest BCUT2D eigenvalue weighted by Gasteiger charge is 2.36. The molecule has 0 radical (unpaired) electrons. The van der Waals surface area contributed by atoms with E-state index in [0.29, 0.717) is 19.4 Å². The zero-order valence-electron chi connectivity index (χ0n) is 12.0. The van der Waals surface area contributed by atoms with E-state index in [9.17, 15) is 13.6 Å². The topological polar surface area (TPSA) is 50.4 Å². The van der Waals surface area contributed by atoms with Gasteiger partial charge in [0.2, 0.25) is 5.91 Å². The van der Waals surface area contributed by atoms with Crippen molar-refractivity contribution in [2.75, 3.05) is 18.5 Å². The molecule has 3 atom stereocenters. The van der Waals surface area contributed by atoms with Crippen molar-refractivity contribution in [3.05, 3.63) is 29.8 Å². The van der Waals surface area contributed by atoms with E-state index in [-0.39, 0.29) is 42.1 Å². The molecule has 1 aromatic carbocycles. The lowest BCUT2D eigenvalue weighted by molar-refractivity contribution is -0.123. The Bertz CT molecular complexity index is 544. The van der Waals surface area contributed by atoms with Crippen LogP contribution in [0.2, 0.25) is 0 Å². The summed E-state index contributed by atoms with van der Waals surface area (Å²) in [6.45, 7) is 1.49. The summed E-state index contributed by atoms with van der Waals surface area (Å²) in [5.74, 6) is -2.44. The smallest absolute Gasteiger partial charge is 0.227 e. The highest BCUT2D eigenvalue weighted by molar-refractivity contribution is 5.92. The van der Waals surface area contributed by atoms with Crippen molar-refractivity contribution < 1.29 is 18.3 Å². The van der Waals surface area contributed by atoms with Crippen LogP contribution in [-0.4, -0.2) is 31.2 Å². The second-order valence-electron chi connectivity index (χ2n) is 5.57. The minimum Gasteiger partial charge on any atom is -0.375 e. The first-order chi connectivity index (χ1) is 10.1. The van der Waals surface area contributed by atoms with E-state index >= 15 is 0 Å². The molecule has 3 rings (SSSR count). The van der Waals surface area contributed by atoms with Gasteiger partial charge in [-0.15, -0.1) is 12.4 Å². The minimum absolute atomic E-state index is 0. The molecule has 1 heterocycles. The highest BCUT2D eigenvalue weighted by atomic mass is 35.5. The average molecular weight is 333 g/mol. The van der Waals surface area contributed by atoms with Crippen LogP contribution in [0, 0.1) is 17.6 Å². The van der Waals surface area contributed by atoms with Gasteiger partial charge in [-0.05, 0) is 31.4 Å². The molecule has 2 fully saturated rings. The third kappa shape index (κ3) is 3.56.